The van der Waals surface area contributed by atoms with Crippen LogP contribution in [0.3, 0.4) is 0 Å². The maximum absolute atomic E-state index is 16.3. The van der Waals surface area contributed by atoms with Crippen molar-refractivity contribution in [3.05, 3.63) is 81.3 Å². The largest absolute Gasteiger partial charge is 0.449 e. The summed E-state index contributed by atoms with van der Waals surface area (Å²) in [5, 5.41) is 0. The summed E-state index contributed by atoms with van der Waals surface area (Å²) in [4.78, 5) is 37.4. The number of carbonyl (C=O) groups excluding carboxylic acids is 2. The van der Waals surface area contributed by atoms with Gasteiger partial charge in [-0.05, 0) is 161 Å². The van der Waals surface area contributed by atoms with Gasteiger partial charge in [-0.3, -0.25) is 9.69 Å². The van der Waals surface area contributed by atoms with Crippen LogP contribution < -0.4 is 5.73 Å². The number of esters is 2. The first-order valence-electron chi connectivity index (χ1n) is 27.5. The molecule has 14 unspecified atom stereocenters. The average molecular weight is 878 g/mol. The van der Waals surface area contributed by atoms with Crippen molar-refractivity contribution in [2.45, 2.75) is 166 Å². The summed E-state index contributed by atoms with van der Waals surface area (Å²) >= 11 is 0. The zero-order chi connectivity index (χ0) is 43.4. The van der Waals surface area contributed by atoms with E-state index in [9.17, 15) is 0 Å². The van der Waals surface area contributed by atoms with E-state index in [-0.39, 0.29) is 23.8 Å². The number of aryl methyl sites for hydroxylation is 1. The zero-order valence-electron chi connectivity index (χ0n) is 39.4. The van der Waals surface area contributed by atoms with Crippen LogP contribution in [0.5, 0.6) is 0 Å². The summed E-state index contributed by atoms with van der Waals surface area (Å²) in [5.41, 5.74) is 13.0. The number of rotatable bonds is 6. The van der Waals surface area contributed by atoms with Crippen molar-refractivity contribution in [1.29, 1.82) is 0 Å². The number of nitrogens with two attached hydrogens (primary N) is 1. The van der Waals surface area contributed by atoms with E-state index in [1.807, 2.05) is 0 Å². The smallest absolute Gasteiger partial charge is 0.339 e. The molecule has 17 rings (SSSR count). The molecule has 9 heterocycles. The van der Waals surface area contributed by atoms with E-state index in [0.717, 1.165) is 73.3 Å². The molecule has 1 aromatic carbocycles. The Morgan fingerprint density at radius 3 is 2.58 bits per heavy atom. The van der Waals surface area contributed by atoms with Gasteiger partial charge in [0.15, 0.2) is 5.60 Å². The number of hydrogen-bond donors (Lipinski definition) is 1. The molecular weight excluding hydrogens is 803 g/mol. The molecule has 0 radical (unpaired) electrons. The Labute approximate surface area is 388 Å². The van der Waals surface area contributed by atoms with Crippen LogP contribution in [0.4, 0.5) is 0 Å². The molecule has 7 nitrogen and oxygen atoms in total. The van der Waals surface area contributed by atoms with Crippen molar-refractivity contribution in [3.8, 4) is 0 Å². The molecule has 9 aliphatic heterocycles. The number of benzene rings is 1. The van der Waals surface area contributed by atoms with Gasteiger partial charge in [0.2, 0.25) is 0 Å². The minimum Gasteiger partial charge on any atom is -0.449 e. The summed E-state index contributed by atoms with van der Waals surface area (Å²) < 4.78 is 14.7. The van der Waals surface area contributed by atoms with Crippen LogP contribution in [0.1, 0.15) is 163 Å². The van der Waals surface area contributed by atoms with E-state index in [2.05, 4.69) is 53.2 Å². The maximum atomic E-state index is 16.3. The first kappa shape index (κ1) is 40.9. The van der Waals surface area contributed by atoms with E-state index in [1.54, 1.807) is 16.8 Å². The van der Waals surface area contributed by atoms with Gasteiger partial charge in [0.05, 0.1) is 11.0 Å². The number of hydrogen-bond acceptors (Lipinski definition) is 7. The van der Waals surface area contributed by atoms with E-state index in [0.29, 0.717) is 60.1 Å². The third-order valence-electron chi connectivity index (χ3n) is 21.9. The lowest BCUT2D eigenvalue weighted by molar-refractivity contribution is -0.282. The molecule has 0 aromatic heterocycles. The predicted molar refractivity (Wildman–Crippen MR) is 252 cm³/mol. The Hall–Kier alpha value is -3.16. The second kappa shape index (κ2) is 14.9. The zero-order valence-corrected chi connectivity index (χ0v) is 39.4. The van der Waals surface area contributed by atoms with Crippen molar-refractivity contribution in [2.75, 3.05) is 26.2 Å². The number of fused-ring (bicyclic) bond motifs is 3. The van der Waals surface area contributed by atoms with E-state index < -0.39 is 16.4 Å². The second-order valence-electron chi connectivity index (χ2n) is 24.6. The molecule has 7 heteroatoms. The molecule has 6 fully saturated rings. The Balaban J connectivity index is 1.03. The fraction of sp³-hybridized carbons (Fsp3) is 0.724. The monoisotopic (exact) mass is 878 g/mol. The molecule has 3 spiro atoms. The van der Waals surface area contributed by atoms with E-state index >= 15 is 9.59 Å². The van der Waals surface area contributed by atoms with Crippen LogP contribution in [0, 0.1) is 70.0 Å². The number of nitrogens with zero attached hydrogens (tertiary/aromatic N) is 2. The Morgan fingerprint density at radius 2 is 1.74 bits per heavy atom. The highest BCUT2D eigenvalue weighted by Gasteiger charge is 2.93. The van der Waals surface area contributed by atoms with E-state index in [4.69, 9.17) is 15.2 Å². The quantitative estimate of drug-likeness (QED) is 0.225. The van der Waals surface area contributed by atoms with Gasteiger partial charge in [-0.15, -0.1) is 0 Å². The molecule has 3 saturated heterocycles. The molecule has 346 valence electrons. The van der Waals surface area contributed by atoms with Crippen molar-refractivity contribution >= 4 is 11.9 Å². The van der Waals surface area contributed by atoms with Crippen molar-refractivity contribution < 1.29 is 19.1 Å². The summed E-state index contributed by atoms with van der Waals surface area (Å²) in [7, 11) is 0. The highest BCUT2D eigenvalue weighted by Crippen LogP contribution is 2.88. The molecule has 7 aliphatic carbocycles. The normalized spacial score (nSPS) is 44.7. The summed E-state index contributed by atoms with van der Waals surface area (Å²) in [6.45, 7) is 6.77. The van der Waals surface area contributed by atoms with Crippen molar-refractivity contribution in [1.82, 2.24) is 9.80 Å². The molecule has 1 aromatic rings. The van der Waals surface area contributed by atoms with Crippen LogP contribution in [-0.2, 0) is 26.3 Å². The molecule has 65 heavy (non-hydrogen) atoms. The molecule has 12 bridgehead atoms. The Bertz CT molecular complexity index is 2310. The molecule has 16 aliphatic rings. The van der Waals surface area contributed by atoms with Crippen LogP contribution in [0.15, 0.2) is 64.6 Å². The van der Waals surface area contributed by atoms with Gasteiger partial charge < -0.3 is 20.1 Å². The lowest BCUT2D eigenvalue weighted by Crippen LogP contribution is -2.78. The van der Waals surface area contributed by atoms with Crippen molar-refractivity contribution in [2.24, 2.45) is 75.7 Å². The van der Waals surface area contributed by atoms with Gasteiger partial charge in [-0.2, -0.15) is 0 Å². The van der Waals surface area contributed by atoms with E-state index in [1.165, 1.54) is 122 Å². The summed E-state index contributed by atoms with van der Waals surface area (Å²) in [5.74, 6) is 5.37. The number of ether oxygens (including phenoxy) is 2. The fourth-order valence-corrected chi connectivity index (χ4v) is 19.7. The highest BCUT2D eigenvalue weighted by atomic mass is 16.6. The topological polar surface area (TPSA) is 85.1 Å². The summed E-state index contributed by atoms with van der Waals surface area (Å²) in [6.07, 6.45) is 33.6. The SMILES string of the molecule is CC1CC2=C3C4C5=C6C(C=CC(C7CCCCC7)CC7C68C(=O)OC(=CCC(CC6CCCCC6)N6CC9CC(C6)C(CC2)N3C9)C8(CC5)C72OC(=O)c3c(CCCN)cccc32)CC14. The summed E-state index contributed by atoms with van der Waals surface area (Å²) in [6, 6.07) is 7.63. The van der Waals surface area contributed by atoms with Gasteiger partial charge in [0.1, 0.15) is 11.2 Å². The maximum Gasteiger partial charge on any atom is 0.339 e. The van der Waals surface area contributed by atoms with Crippen LogP contribution >= 0.6 is 0 Å². The first-order chi connectivity index (χ1) is 31.9. The van der Waals surface area contributed by atoms with Crippen LogP contribution in [-0.4, -0.2) is 60.0 Å². The van der Waals surface area contributed by atoms with Gasteiger partial charge in [0.25, 0.3) is 0 Å². The highest BCUT2D eigenvalue weighted by molar-refractivity contribution is 6.00. The third-order valence-corrected chi connectivity index (χ3v) is 21.9. The number of allylic oxidation sites excluding steroid dienone is 4. The standard InChI is InChI=1S/C58H75N3O4/c1-34-26-41-19-21-47-42-27-36-31-60(33-42)43(28-35-10-4-2-5-11-35)20-22-49-56-24-23-44-51(53(41)61(47)32-36)45(34)29-40-18-17-39(37-12-6-3-7-13-37)30-48(57(56,52(40)44)55(63)64-49)58(56)46-16-8-14-38(15-9-25-59)50(46)54(62)65-58/h8,14,16-18,22,34-37,39-40,42-43,45,47-48,51H,2-7,9-13,15,19-21,23-33,59H2,1H3. The van der Waals surface area contributed by atoms with Crippen molar-refractivity contribution in [3.63, 3.8) is 0 Å². The van der Waals surface area contributed by atoms with Crippen LogP contribution in [0.2, 0.25) is 0 Å². The number of piperidine rings is 2. The third kappa shape index (κ3) is 5.33. The average Bonchev–Trinajstić information content (AvgIpc) is 3.77. The lowest BCUT2D eigenvalue weighted by Gasteiger charge is -2.73. The lowest BCUT2D eigenvalue weighted by atomic mass is 9.27. The molecule has 0 amide bonds. The van der Waals surface area contributed by atoms with Gasteiger partial charge in [-0.1, -0.05) is 99.8 Å². The molecule has 3 saturated carbocycles. The van der Waals surface area contributed by atoms with Gasteiger partial charge in [-0.25, -0.2) is 4.79 Å². The van der Waals surface area contributed by atoms with Gasteiger partial charge >= 0.3 is 11.9 Å². The first-order valence-corrected chi connectivity index (χ1v) is 27.5. The Morgan fingerprint density at radius 1 is 0.892 bits per heavy atom. The minimum absolute atomic E-state index is 0.00550. The van der Waals surface area contributed by atoms with Gasteiger partial charge in [0, 0.05) is 54.8 Å². The van der Waals surface area contributed by atoms with Crippen LogP contribution in [0.25, 0.3) is 0 Å². The Kier molecular flexibility index (Phi) is 9.38. The predicted octanol–water partition coefficient (Wildman–Crippen LogP) is 10.9. The molecule has 14 atom stereocenters. The second-order valence-corrected chi connectivity index (χ2v) is 24.6. The fourth-order valence-electron chi connectivity index (χ4n) is 19.7. The molecular formula is C58H75N3O4. The molecule has 2 N–H and O–H groups in total. The number of carbonyl (C=O) groups is 2. The minimum atomic E-state index is -0.956.